The summed E-state index contributed by atoms with van der Waals surface area (Å²) in [5.41, 5.74) is 0. The fourth-order valence-corrected chi connectivity index (χ4v) is 4.01. The van der Waals surface area contributed by atoms with Crippen LogP contribution >= 0.6 is 0 Å². The van der Waals surface area contributed by atoms with E-state index >= 15 is 0 Å². The number of hydrogen-bond acceptors (Lipinski definition) is 3. The van der Waals surface area contributed by atoms with Crippen molar-refractivity contribution < 1.29 is 13.2 Å². The highest BCUT2D eigenvalue weighted by Crippen LogP contribution is 2.36. The van der Waals surface area contributed by atoms with Crippen LogP contribution in [-0.2, 0) is 9.84 Å². The summed E-state index contributed by atoms with van der Waals surface area (Å²) >= 11 is 0. The van der Waals surface area contributed by atoms with Crippen molar-refractivity contribution in [2.45, 2.75) is 44.6 Å². The first-order chi connectivity index (χ1) is 8.97. The van der Waals surface area contributed by atoms with E-state index in [1.165, 1.54) is 25.5 Å². The fraction of sp³-hybridized carbons (Fsp3) is 0.923. The number of sulfone groups is 1. The molecule has 1 saturated heterocycles. The molecule has 2 aliphatic rings. The normalized spacial score (nSPS) is 27.1. The number of rotatable bonds is 4. The Labute approximate surface area is 115 Å². The summed E-state index contributed by atoms with van der Waals surface area (Å²) in [5, 5.41) is 2.86. The molecule has 19 heavy (non-hydrogen) atoms. The predicted octanol–water partition coefficient (Wildman–Crippen LogP) is 1.40. The molecule has 1 heterocycles. The van der Waals surface area contributed by atoms with Gasteiger partial charge >= 0.3 is 6.03 Å². The molecule has 0 aromatic rings. The second-order valence-electron chi connectivity index (χ2n) is 5.81. The number of likely N-dealkylation sites (tertiary alicyclic amines) is 1. The summed E-state index contributed by atoms with van der Waals surface area (Å²) in [6.07, 6.45) is 7.67. The first kappa shape index (κ1) is 14.6. The van der Waals surface area contributed by atoms with Gasteiger partial charge < -0.3 is 10.2 Å². The van der Waals surface area contributed by atoms with Crippen molar-refractivity contribution in [3.8, 4) is 0 Å². The van der Waals surface area contributed by atoms with E-state index in [2.05, 4.69) is 5.32 Å². The number of amides is 2. The maximum absolute atomic E-state index is 12.1. The molecule has 2 amide bonds. The molecule has 6 heteroatoms. The van der Waals surface area contributed by atoms with Gasteiger partial charge in [-0.25, -0.2) is 13.2 Å². The fourth-order valence-electron chi connectivity index (χ4n) is 3.34. The van der Waals surface area contributed by atoms with Crippen LogP contribution in [0.4, 0.5) is 4.79 Å². The maximum atomic E-state index is 12.1. The topological polar surface area (TPSA) is 66.5 Å². The summed E-state index contributed by atoms with van der Waals surface area (Å²) in [5.74, 6) is 0.829. The number of carbonyl (C=O) groups is 1. The Morgan fingerprint density at radius 3 is 2.74 bits per heavy atom. The van der Waals surface area contributed by atoms with Gasteiger partial charge in [0.2, 0.25) is 0 Å². The zero-order valence-corrected chi connectivity index (χ0v) is 12.4. The minimum atomic E-state index is -2.93. The standard InChI is InChI=1S/C13H24N2O3S/c1-19(17,18)10-4-8-14-13(16)15-9-3-6-11-5-2-7-12(11)15/h11-12H,2-10H2,1H3,(H,14,16). The zero-order chi connectivity index (χ0) is 13.9. The SMILES string of the molecule is CS(=O)(=O)CCCNC(=O)N1CCCC2CCCC21. The highest BCUT2D eigenvalue weighted by molar-refractivity contribution is 7.90. The maximum Gasteiger partial charge on any atom is 0.317 e. The monoisotopic (exact) mass is 288 g/mol. The third-order valence-electron chi connectivity index (χ3n) is 4.22. The average Bonchev–Trinajstić information content (AvgIpc) is 2.81. The van der Waals surface area contributed by atoms with E-state index in [0.717, 1.165) is 19.4 Å². The first-order valence-corrected chi connectivity index (χ1v) is 9.25. The van der Waals surface area contributed by atoms with Gasteiger partial charge in [-0.15, -0.1) is 0 Å². The Hall–Kier alpha value is -0.780. The Kier molecular flexibility index (Phi) is 4.71. The molecule has 0 aromatic carbocycles. The molecule has 0 bridgehead atoms. The highest BCUT2D eigenvalue weighted by atomic mass is 32.2. The third-order valence-corrected chi connectivity index (χ3v) is 5.25. The van der Waals surface area contributed by atoms with Crippen LogP contribution in [0.5, 0.6) is 0 Å². The van der Waals surface area contributed by atoms with E-state index < -0.39 is 9.84 Å². The summed E-state index contributed by atoms with van der Waals surface area (Å²) in [6, 6.07) is 0.411. The molecular formula is C13H24N2O3S. The molecule has 1 N–H and O–H groups in total. The molecule has 2 unspecified atom stereocenters. The van der Waals surface area contributed by atoms with E-state index in [1.807, 2.05) is 4.90 Å². The second kappa shape index (κ2) is 6.11. The minimum Gasteiger partial charge on any atom is -0.338 e. The molecule has 2 rings (SSSR count). The van der Waals surface area contributed by atoms with Crippen LogP contribution in [0.3, 0.4) is 0 Å². The number of nitrogens with one attached hydrogen (secondary N) is 1. The van der Waals surface area contributed by atoms with Gasteiger partial charge in [-0.2, -0.15) is 0 Å². The summed E-state index contributed by atoms with van der Waals surface area (Å²) in [7, 11) is -2.93. The van der Waals surface area contributed by atoms with Crippen molar-refractivity contribution in [2.24, 2.45) is 5.92 Å². The number of carbonyl (C=O) groups excluding carboxylic acids is 1. The lowest BCUT2D eigenvalue weighted by Crippen LogP contribution is -2.50. The number of nitrogens with zero attached hydrogens (tertiary/aromatic N) is 1. The van der Waals surface area contributed by atoms with E-state index in [9.17, 15) is 13.2 Å². The molecule has 5 nitrogen and oxygen atoms in total. The van der Waals surface area contributed by atoms with Crippen molar-refractivity contribution >= 4 is 15.9 Å². The molecule has 0 radical (unpaired) electrons. The van der Waals surface area contributed by atoms with Crippen LogP contribution in [0, 0.1) is 5.92 Å². The number of fused-ring (bicyclic) bond motifs is 1. The lowest BCUT2D eigenvalue weighted by Gasteiger charge is -2.37. The smallest absolute Gasteiger partial charge is 0.317 e. The molecule has 1 aliphatic carbocycles. The Morgan fingerprint density at radius 2 is 2.00 bits per heavy atom. The molecule has 1 saturated carbocycles. The van der Waals surface area contributed by atoms with Crippen LogP contribution in [0.25, 0.3) is 0 Å². The van der Waals surface area contributed by atoms with Crippen LogP contribution in [0.15, 0.2) is 0 Å². The zero-order valence-electron chi connectivity index (χ0n) is 11.6. The largest absolute Gasteiger partial charge is 0.338 e. The van der Waals surface area contributed by atoms with Crippen LogP contribution in [-0.4, -0.2) is 50.5 Å². The van der Waals surface area contributed by atoms with Crippen molar-refractivity contribution in [3.63, 3.8) is 0 Å². The quantitative estimate of drug-likeness (QED) is 0.795. The van der Waals surface area contributed by atoms with Crippen LogP contribution in [0.1, 0.15) is 38.5 Å². The summed E-state index contributed by atoms with van der Waals surface area (Å²) in [6.45, 7) is 1.29. The Morgan fingerprint density at radius 1 is 1.26 bits per heavy atom. The van der Waals surface area contributed by atoms with Crippen molar-refractivity contribution in [2.75, 3.05) is 25.1 Å². The number of hydrogen-bond donors (Lipinski definition) is 1. The van der Waals surface area contributed by atoms with Gasteiger partial charge in [0.1, 0.15) is 9.84 Å². The number of urea groups is 1. The lowest BCUT2D eigenvalue weighted by molar-refractivity contribution is 0.128. The summed E-state index contributed by atoms with van der Waals surface area (Å²) < 4.78 is 22.0. The van der Waals surface area contributed by atoms with Crippen molar-refractivity contribution in [1.29, 1.82) is 0 Å². The predicted molar refractivity (Wildman–Crippen MR) is 74.8 cm³/mol. The molecule has 0 spiro atoms. The van der Waals surface area contributed by atoms with Gasteiger partial charge in [-0.3, -0.25) is 0 Å². The highest BCUT2D eigenvalue weighted by Gasteiger charge is 2.37. The lowest BCUT2D eigenvalue weighted by atomic mass is 9.92. The Bertz CT molecular complexity index is 422. The van der Waals surface area contributed by atoms with Gasteiger partial charge in [-0.05, 0) is 38.0 Å². The van der Waals surface area contributed by atoms with E-state index in [-0.39, 0.29) is 11.8 Å². The van der Waals surface area contributed by atoms with E-state index in [4.69, 9.17) is 0 Å². The average molecular weight is 288 g/mol. The molecule has 110 valence electrons. The van der Waals surface area contributed by atoms with Gasteiger partial charge in [0.15, 0.2) is 0 Å². The molecule has 2 fully saturated rings. The summed E-state index contributed by atoms with van der Waals surface area (Å²) in [4.78, 5) is 14.1. The Balaban J connectivity index is 1.76. The van der Waals surface area contributed by atoms with Crippen molar-refractivity contribution in [3.05, 3.63) is 0 Å². The van der Waals surface area contributed by atoms with Crippen LogP contribution < -0.4 is 5.32 Å². The number of piperidine rings is 1. The van der Waals surface area contributed by atoms with Crippen molar-refractivity contribution in [1.82, 2.24) is 10.2 Å². The molecule has 0 aromatic heterocycles. The molecule has 2 atom stereocenters. The van der Waals surface area contributed by atoms with Gasteiger partial charge in [0.25, 0.3) is 0 Å². The van der Waals surface area contributed by atoms with E-state index in [0.29, 0.717) is 24.9 Å². The third kappa shape index (κ3) is 4.09. The van der Waals surface area contributed by atoms with Gasteiger partial charge in [-0.1, -0.05) is 6.42 Å². The van der Waals surface area contributed by atoms with Crippen LogP contribution in [0.2, 0.25) is 0 Å². The van der Waals surface area contributed by atoms with Gasteiger partial charge in [0, 0.05) is 25.4 Å². The molecule has 1 aliphatic heterocycles. The molecular weight excluding hydrogens is 264 g/mol. The first-order valence-electron chi connectivity index (χ1n) is 7.19. The minimum absolute atomic E-state index is 0.00917. The van der Waals surface area contributed by atoms with E-state index in [1.54, 1.807) is 0 Å². The second-order valence-corrected chi connectivity index (χ2v) is 8.07. The van der Waals surface area contributed by atoms with Gasteiger partial charge in [0.05, 0.1) is 5.75 Å².